The summed E-state index contributed by atoms with van der Waals surface area (Å²) in [6.45, 7) is 6.30. The lowest BCUT2D eigenvalue weighted by Gasteiger charge is -2.27. The number of hydrogen-bond donors (Lipinski definition) is 0. The third-order valence-electron chi connectivity index (χ3n) is 4.27. The quantitative estimate of drug-likeness (QED) is 0.566. The van der Waals surface area contributed by atoms with Crippen molar-refractivity contribution in [2.45, 2.75) is 58.1 Å². The zero-order valence-electron chi connectivity index (χ0n) is 16.1. The van der Waals surface area contributed by atoms with E-state index in [1.54, 1.807) is 11.3 Å². The van der Waals surface area contributed by atoms with E-state index in [0.717, 1.165) is 23.4 Å². The van der Waals surface area contributed by atoms with Gasteiger partial charge in [-0.1, -0.05) is 12.1 Å². The SMILES string of the molecule is CC(C)(C)OC(=O)N1CCCC1C(=O)OCCCc1nc2ccccc2s1. The zero-order chi connectivity index (χ0) is 19.4. The number of aryl methyl sites for hydroxylation is 1. The van der Waals surface area contributed by atoms with Gasteiger partial charge in [0.05, 0.1) is 21.8 Å². The van der Waals surface area contributed by atoms with Crippen LogP contribution in [0.4, 0.5) is 4.79 Å². The Hall–Kier alpha value is -2.15. The first kappa shape index (κ1) is 19.6. The largest absolute Gasteiger partial charge is 0.464 e. The molecule has 146 valence electrons. The molecule has 1 aliphatic heterocycles. The molecule has 1 unspecified atom stereocenters. The first-order valence-corrected chi connectivity index (χ1v) is 10.2. The second-order valence-corrected chi connectivity index (χ2v) is 8.79. The van der Waals surface area contributed by atoms with E-state index in [2.05, 4.69) is 11.1 Å². The summed E-state index contributed by atoms with van der Waals surface area (Å²) < 4.78 is 12.0. The molecule has 0 saturated carbocycles. The summed E-state index contributed by atoms with van der Waals surface area (Å²) in [5.41, 5.74) is 0.430. The molecule has 0 bridgehead atoms. The molecule has 1 atom stereocenters. The molecular formula is C20H26N2O4S. The highest BCUT2D eigenvalue weighted by Crippen LogP contribution is 2.23. The Labute approximate surface area is 163 Å². The number of rotatable bonds is 5. The van der Waals surface area contributed by atoms with E-state index in [1.807, 2.05) is 39.0 Å². The first-order chi connectivity index (χ1) is 12.8. The van der Waals surface area contributed by atoms with Crippen molar-refractivity contribution in [3.05, 3.63) is 29.3 Å². The van der Waals surface area contributed by atoms with Crippen LogP contribution < -0.4 is 0 Å². The average Bonchev–Trinajstić information content (AvgIpc) is 3.23. The lowest BCUT2D eigenvalue weighted by atomic mass is 10.2. The minimum absolute atomic E-state index is 0.327. The summed E-state index contributed by atoms with van der Waals surface area (Å²) in [5.74, 6) is -0.345. The number of aromatic nitrogens is 1. The van der Waals surface area contributed by atoms with Crippen LogP contribution in [0.1, 0.15) is 45.0 Å². The molecule has 2 heterocycles. The van der Waals surface area contributed by atoms with E-state index in [-0.39, 0.29) is 5.97 Å². The second kappa shape index (κ2) is 8.25. The number of amides is 1. The molecule has 6 nitrogen and oxygen atoms in total. The molecule has 0 radical (unpaired) electrons. The Morgan fingerprint density at radius 3 is 2.81 bits per heavy atom. The Balaban J connectivity index is 1.46. The van der Waals surface area contributed by atoms with Crippen LogP contribution in [-0.2, 0) is 20.7 Å². The van der Waals surface area contributed by atoms with Crippen molar-refractivity contribution in [2.75, 3.05) is 13.2 Å². The molecule has 0 aliphatic carbocycles. The maximum absolute atomic E-state index is 12.4. The third kappa shape index (κ3) is 5.19. The highest BCUT2D eigenvalue weighted by molar-refractivity contribution is 7.18. The van der Waals surface area contributed by atoms with Gasteiger partial charge in [-0.25, -0.2) is 14.6 Å². The standard InChI is InChI=1S/C20H26N2O4S/c1-20(2,3)26-19(24)22-12-6-9-15(22)18(23)25-13-7-11-17-21-14-8-4-5-10-16(14)27-17/h4-5,8,10,15H,6-7,9,11-13H2,1-3H3. The summed E-state index contributed by atoms with van der Waals surface area (Å²) >= 11 is 1.67. The summed E-state index contributed by atoms with van der Waals surface area (Å²) in [7, 11) is 0. The predicted molar refractivity (Wildman–Crippen MR) is 105 cm³/mol. The highest BCUT2D eigenvalue weighted by Gasteiger charge is 2.37. The molecule has 1 fully saturated rings. The summed E-state index contributed by atoms with van der Waals surface area (Å²) in [5, 5.41) is 1.04. The van der Waals surface area contributed by atoms with Gasteiger partial charge in [0.15, 0.2) is 0 Å². The molecule has 1 amide bonds. The van der Waals surface area contributed by atoms with Crippen molar-refractivity contribution in [3.8, 4) is 0 Å². The van der Waals surface area contributed by atoms with Gasteiger partial charge in [0.1, 0.15) is 11.6 Å². The molecule has 0 spiro atoms. The smallest absolute Gasteiger partial charge is 0.411 e. The van der Waals surface area contributed by atoms with Gasteiger partial charge in [-0.05, 0) is 52.2 Å². The molecule has 1 aliphatic rings. The van der Waals surface area contributed by atoms with Crippen LogP contribution in [0.15, 0.2) is 24.3 Å². The van der Waals surface area contributed by atoms with Gasteiger partial charge in [-0.15, -0.1) is 11.3 Å². The summed E-state index contributed by atoms with van der Waals surface area (Å²) in [6.07, 6.45) is 2.44. The number of thiazole rings is 1. The van der Waals surface area contributed by atoms with Gasteiger partial charge in [-0.2, -0.15) is 0 Å². The van der Waals surface area contributed by atoms with E-state index in [1.165, 1.54) is 9.60 Å². The van der Waals surface area contributed by atoms with Crippen molar-refractivity contribution >= 4 is 33.6 Å². The summed E-state index contributed by atoms with van der Waals surface area (Å²) in [4.78, 5) is 30.7. The Morgan fingerprint density at radius 1 is 1.30 bits per heavy atom. The number of esters is 1. The average molecular weight is 391 g/mol. The van der Waals surface area contributed by atoms with Crippen LogP contribution in [0.3, 0.4) is 0 Å². The molecule has 2 aromatic rings. The van der Waals surface area contributed by atoms with Crippen molar-refractivity contribution in [3.63, 3.8) is 0 Å². The molecule has 1 aromatic heterocycles. The number of hydrogen-bond acceptors (Lipinski definition) is 6. The number of nitrogens with zero attached hydrogens (tertiary/aromatic N) is 2. The molecule has 3 rings (SSSR count). The number of carbonyl (C=O) groups is 2. The molecule has 1 aromatic carbocycles. The first-order valence-electron chi connectivity index (χ1n) is 9.34. The van der Waals surface area contributed by atoms with Crippen LogP contribution in [0.2, 0.25) is 0 Å². The van der Waals surface area contributed by atoms with Gasteiger partial charge in [0.2, 0.25) is 0 Å². The fourth-order valence-corrected chi connectivity index (χ4v) is 4.08. The number of para-hydroxylation sites is 1. The number of benzene rings is 1. The van der Waals surface area contributed by atoms with Crippen LogP contribution in [0, 0.1) is 0 Å². The fourth-order valence-electron chi connectivity index (χ4n) is 3.07. The molecule has 0 N–H and O–H groups in total. The van der Waals surface area contributed by atoms with Crippen molar-refractivity contribution in [1.82, 2.24) is 9.88 Å². The van der Waals surface area contributed by atoms with Crippen molar-refractivity contribution in [1.29, 1.82) is 0 Å². The molecular weight excluding hydrogens is 364 g/mol. The lowest BCUT2D eigenvalue weighted by molar-refractivity contribution is -0.148. The highest BCUT2D eigenvalue weighted by atomic mass is 32.1. The van der Waals surface area contributed by atoms with Crippen LogP contribution in [0.5, 0.6) is 0 Å². The Morgan fingerprint density at radius 2 is 2.07 bits per heavy atom. The lowest BCUT2D eigenvalue weighted by Crippen LogP contribution is -2.44. The summed E-state index contributed by atoms with van der Waals surface area (Å²) in [6, 6.07) is 7.50. The van der Waals surface area contributed by atoms with Gasteiger partial charge in [-0.3, -0.25) is 4.90 Å². The fraction of sp³-hybridized carbons (Fsp3) is 0.550. The van der Waals surface area contributed by atoms with E-state index < -0.39 is 17.7 Å². The Bertz CT molecular complexity index is 779. The van der Waals surface area contributed by atoms with Crippen LogP contribution >= 0.6 is 11.3 Å². The van der Waals surface area contributed by atoms with Crippen LogP contribution in [0.25, 0.3) is 10.2 Å². The zero-order valence-corrected chi connectivity index (χ0v) is 16.9. The number of ether oxygens (including phenoxy) is 2. The van der Waals surface area contributed by atoms with E-state index in [0.29, 0.717) is 26.0 Å². The topological polar surface area (TPSA) is 68.7 Å². The molecule has 7 heteroatoms. The minimum atomic E-state index is -0.578. The maximum Gasteiger partial charge on any atom is 0.411 e. The van der Waals surface area contributed by atoms with Gasteiger partial charge < -0.3 is 9.47 Å². The van der Waals surface area contributed by atoms with E-state index in [9.17, 15) is 9.59 Å². The van der Waals surface area contributed by atoms with Gasteiger partial charge in [0.25, 0.3) is 0 Å². The van der Waals surface area contributed by atoms with Crippen molar-refractivity contribution in [2.24, 2.45) is 0 Å². The minimum Gasteiger partial charge on any atom is -0.464 e. The third-order valence-corrected chi connectivity index (χ3v) is 5.37. The van der Waals surface area contributed by atoms with E-state index in [4.69, 9.17) is 9.47 Å². The Kier molecular flexibility index (Phi) is 5.99. The monoisotopic (exact) mass is 390 g/mol. The number of carbonyl (C=O) groups excluding carboxylic acids is 2. The number of likely N-dealkylation sites (tertiary alicyclic amines) is 1. The predicted octanol–water partition coefficient (Wildman–Crippen LogP) is 4.17. The van der Waals surface area contributed by atoms with Crippen LogP contribution in [-0.4, -0.2) is 46.7 Å². The van der Waals surface area contributed by atoms with Gasteiger partial charge >= 0.3 is 12.1 Å². The van der Waals surface area contributed by atoms with Crippen molar-refractivity contribution < 1.29 is 19.1 Å². The number of fused-ring (bicyclic) bond motifs is 1. The normalized spacial score (nSPS) is 17.3. The molecule has 27 heavy (non-hydrogen) atoms. The van der Waals surface area contributed by atoms with E-state index >= 15 is 0 Å². The van der Waals surface area contributed by atoms with Gasteiger partial charge in [0, 0.05) is 13.0 Å². The molecule has 1 saturated heterocycles. The maximum atomic E-state index is 12.4. The second-order valence-electron chi connectivity index (χ2n) is 7.68.